The molecule has 7 nitrogen and oxygen atoms in total. The SMILES string of the molecule is COc1ccccc1C(=O)N1CCN(c2ccc3c(c2)OCO3)C(=O)[C@@H]1C. The second-order valence-electron chi connectivity index (χ2n) is 6.40. The van der Waals surface area contributed by atoms with Gasteiger partial charge in [0.15, 0.2) is 11.5 Å². The van der Waals surface area contributed by atoms with E-state index < -0.39 is 6.04 Å². The highest BCUT2D eigenvalue weighted by molar-refractivity contribution is 6.04. The Labute approximate surface area is 157 Å². The van der Waals surface area contributed by atoms with Crippen LogP contribution in [-0.2, 0) is 4.79 Å². The monoisotopic (exact) mass is 368 g/mol. The van der Waals surface area contributed by atoms with E-state index in [0.29, 0.717) is 35.9 Å². The maximum atomic E-state index is 13.0. The lowest BCUT2D eigenvalue weighted by molar-refractivity contribution is -0.124. The number of nitrogens with zero attached hydrogens (tertiary/aromatic N) is 2. The summed E-state index contributed by atoms with van der Waals surface area (Å²) in [5.41, 5.74) is 1.19. The first-order valence-corrected chi connectivity index (χ1v) is 8.75. The second kappa shape index (κ2) is 6.83. The van der Waals surface area contributed by atoms with Crippen LogP contribution in [0.5, 0.6) is 17.2 Å². The summed E-state index contributed by atoms with van der Waals surface area (Å²) in [6.45, 7) is 2.76. The Hall–Kier alpha value is -3.22. The quantitative estimate of drug-likeness (QED) is 0.832. The number of fused-ring (bicyclic) bond motifs is 1. The van der Waals surface area contributed by atoms with Crippen LogP contribution in [-0.4, -0.2) is 49.7 Å². The van der Waals surface area contributed by atoms with E-state index in [0.717, 1.165) is 5.69 Å². The van der Waals surface area contributed by atoms with Gasteiger partial charge in [-0.25, -0.2) is 0 Å². The van der Waals surface area contributed by atoms with Gasteiger partial charge in [-0.3, -0.25) is 9.59 Å². The van der Waals surface area contributed by atoms with E-state index in [2.05, 4.69) is 0 Å². The number of hydrogen-bond acceptors (Lipinski definition) is 5. The third kappa shape index (κ3) is 2.95. The van der Waals surface area contributed by atoms with Crippen molar-refractivity contribution in [3.05, 3.63) is 48.0 Å². The van der Waals surface area contributed by atoms with E-state index in [9.17, 15) is 9.59 Å². The molecule has 1 atom stereocenters. The number of benzene rings is 2. The Bertz CT molecular complexity index is 898. The van der Waals surface area contributed by atoms with E-state index in [1.165, 1.54) is 7.11 Å². The van der Waals surface area contributed by atoms with E-state index in [-0.39, 0.29) is 18.6 Å². The number of carbonyl (C=O) groups is 2. The molecule has 0 aromatic heterocycles. The van der Waals surface area contributed by atoms with Crippen molar-refractivity contribution in [3.63, 3.8) is 0 Å². The van der Waals surface area contributed by atoms with Crippen LogP contribution in [0.15, 0.2) is 42.5 Å². The zero-order valence-corrected chi connectivity index (χ0v) is 15.2. The normalized spacial score (nSPS) is 18.6. The lowest BCUT2D eigenvalue weighted by atomic mass is 10.1. The zero-order valence-electron chi connectivity index (χ0n) is 15.2. The minimum Gasteiger partial charge on any atom is -0.496 e. The lowest BCUT2D eigenvalue weighted by Crippen LogP contribution is -2.57. The summed E-state index contributed by atoms with van der Waals surface area (Å²) in [6, 6.07) is 11.9. The summed E-state index contributed by atoms with van der Waals surface area (Å²) >= 11 is 0. The van der Waals surface area contributed by atoms with Crippen LogP contribution in [0.1, 0.15) is 17.3 Å². The molecule has 27 heavy (non-hydrogen) atoms. The van der Waals surface area contributed by atoms with Crippen molar-refractivity contribution in [1.29, 1.82) is 0 Å². The van der Waals surface area contributed by atoms with Crippen LogP contribution in [0.4, 0.5) is 5.69 Å². The van der Waals surface area contributed by atoms with Gasteiger partial charge in [-0.2, -0.15) is 0 Å². The molecular weight excluding hydrogens is 348 g/mol. The van der Waals surface area contributed by atoms with Crippen molar-refractivity contribution < 1.29 is 23.8 Å². The van der Waals surface area contributed by atoms with Crippen LogP contribution in [0.2, 0.25) is 0 Å². The lowest BCUT2D eigenvalue weighted by Gasteiger charge is -2.39. The van der Waals surface area contributed by atoms with Crippen LogP contribution in [0.3, 0.4) is 0 Å². The van der Waals surface area contributed by atoms with Gasteiger partial charge in [0, 0.05) is 24.8 Å². The highest BCUT2D eigenvalue weighted by Crippen LogP contribution is 2.36. The molecule has 2 aromatic carbocycles. The molecule has 0 unspecified atom stereocenters. The highest BCUT2D eigenvalue weighted by atomic mass is 16.7. The molecular formula is C20H20N2O5. The highest BCUT2D eigenvalue weighted by Gasteiger charge is 2.36. The Morgan fingerprint density at radius 2 is 1.89 bits per heavy atom. The smallest absolute Gasteiger partial charge is 0.258 e. The van der Waals surface area contributed by atoms with Gasteiger partial charge in [0.2, 0.25) is 12.7 Å². The van der Waals surface area contributed by atoms with E-state index in [1.807, 2.05) is 12.1 Å². The first kappa shape index (κ1) is 17.2. The molecule has 0 N–H and O–H groups in total. The fraction of sp³-hybridized carbons (Fsp3) is 0.300. The third-order valence-corrected chi connectivity index (χ3v) is 4.92. The van der Waals surface area contributed by atoms with Crippen molar-refractivity contribution in [2.45, 2.75) is 13.0 Å². The van der Waals surface area contributed by atoms with Crippen molar-refractivity contribution in [3.8, 4) is 17.2 Å². The summed E-state index contributed by atoms with van der Waals surface area (Å²) < 4.78 is 16.0. The Kier molecular flexibility index (Phi) is 4.35. The molecule has 1 saturated heterocycles. The minimum absolute atomic E-state index is 0.136. The minimum atomic E-state index is -0.582. The number of ether oxygens (including phenoxy) is 3. The molecule has 0 bridgehead atoms. The molecule has 1 fully saturated rings. The number of anilines is 1. The maximum absolute atomic E-state index is 13.0. The molecule has 4 rings (SSSR count). The van der Waals surface area contributed by atoms with Gasteiger partial charge >= 0.3 is 0 Å². The Balaban J connectivity index is 1.55. The fourth-order valence-corrected chi connectivity index (χ4v) is 3.43. The number of hydrogen-bond donors (Lipinski definition) is 0. The summed E-state index contributed by atoms with van der Waals surface area (Å²) in [5, 5.41) is 0. The Morgan fingerprint density at radius 1 is 1.11 bits per heavy atom. The first-order chi connectivity index (χ1) is 13.1. The predicted molar refractivity (Wildman–Crippen MR) is 98.4 cm³/mol. The number of piperazine rings is 1. The van der Waals surface area contributed by atoms with Gasteiger partial charge in [-0.05, 0) is 31.2 Å². The van der Waals surface area contributed by atoms with Crippen LogP contribution < -0.4 is 19.1 Å². The zero-order chi connectivity index (χ0) is 19.0. The molecule has 2 amide bonds. The summed E-state index contributed by atoms with van der Waals surface area (Å²) in [6.07, 6.45) is 0. The molecule has 2 aliphatic heterocycles. The van der Waals surface area contributed by atoms with Crippen molar-refractivity contribution >= 4 is 17.5 Å². The van der Waals surface area contributed by atoms with Crippen molar-refractivity contribution in [1.82, 2.24) is 4.90 Å². The van der Waals surface area contributed by atoms with Crippen molar-refractivity contribution in [2.24, 2.45) is 0 Å². The average Bonchev–Trinajstić information content (AvgIpc) is 3.17. The fourth-order valence-electron chi connectivity index (χ4n) is 3.43. The van der Waals surface area contributed by atoms with Crippen LogP contribution in [0, 0.1) is 0 Å². The molecule has 0 aliphatic carbocycles. The number of amides is 2. The molecule has 0 saturated carbocycles. The average molecular weight is 368 g/mol. The number of rotatable bonds is 3. The summed E-state index contributed by atoms with van der Waals surface area (Å²) in [7, 11) is 1.53. The molecule has 0 radical (unpaired) electrons. The molecule has 7 heteroatoms. The Morgan fingerprint density at radius 3 is 2.70 bits per heavy atom. The molecule has 140 valence electrons. The molecule has 0 spiro atoms. The van der Waals surface area contributed by atoms with Crippen LogP contribution in [0.25, 0.3) is 0 Å². The van der Waals surface area contributed by atoms with Gasteiger partial charge in [-0.1, -0.05) is 12.1 Å². The first-order valence-electron chi connectivity index (χ1n) is 8.75. The van der Waals surface area contributed by atoms with Crippen LogP contribution >= 0.6 is 0 Å². The number of para-hydroxylation sites is 1. The van der Waals surface area contributed by atoms with Gasteiger partial charge in [-0.15, -0.1) is 0 Å². The predicted octanol–water partition coefficient (Wildman–Crippen LogP) is 2.30. The molecule has 2 aliphatic rings. The summed E-state index contributed by atoms with van der Waals surface area (Å²) in [4.78, 5) is 29.2. The standard InChI is InChI=1S/C20H20N2O5/c1-13-19(23)22(14-7-8-17-18(11-14)27-12-26-17)10-9-21(13)20(24)15-5-3-4-6-16(15)25-2/h3-8,11,13H,9-10,12H2,1-2H3/t13-/m0/s1. The molecule has 2 aromatic rings. The van der Waals surface area contributed by atoms with Gasteiger partial charge in [0.05, 0.1) is 12.7 Å². The number of carbonyl (C=O) groups excluding carboxylic acids is 2. The molecule has 2 heterocycles. The van der Waals surface area contributed by atoms with E-state index in [4.69, 9.17) is 14.2 Å². The van der Waals surface area contributed by atoms with Crippen molar-refractivity contribution in [2.75, 3.05) is 31.9 Å². The van der Waals surface area contributed by atoms with Gasteiger partial charge < -0.3 is 24.0 Å². The third-order valence-electron chi connectivity index (χ3n) is 4.92. The number of methoxy groups -OCH3 is 1. The topological polar surface area (TPSA) is 68.3 Å². The second-order valence-corrected chi connectivity index (χ2v) is 6.40. The summed E-state index contributed by atoms with van der Waals surface area (Å²) in [5.74, 6) is 1.45. The van der Waals surface area contributed by atoms with Gasteiger partial charge in [0.1, 0.15) is 11.8 Å². The maximum Gasteiger partial charge on any atom is 0.258 e. The largest absolute Gasteiger partial charge is 0.496 e. The van der Waals surface area contributed by atoms with E-state index in [1.54, 1.807) is 47.1 Å². The van der Waals surface area contributed by atoms with E-state index >= 15 is 0 Å². The van der Waals surface area contributed by atoms with Gasteiger partial charge in [0.25, 0.3) is 5.91 Å².